The molecule has 1 heterocycles. The first-order chi connectivity index (χ1) is 6.25. The summed E-state index contributed by atoms with van der Waals surface area (Å²) < 4.78 is 0. The molecule has 0 fully saturated rings. The van der Waals surface area contributed by atoms with Crippen molar-refractivity contribution < 1.29 is 0 Å². The minimum atomic E-state index is 0.206. The molecule has 0 aromatic heterocycles. The highest BCUT2D eigenvalue weighted by atomic mass is 35.5. The molecule has 0 spiro atoms. The number of nitrogens with two attached hydrogens (primary N) is 1. The average Bonchev–Trinajstić information content (AvgIpc) is 2.53. The summed E-state index contributed by atoms with van der Waals surface area (Å²) in [6, 6.07) is 7.90. The van der Waals surface area contributed by atoms with Gasteiger partial charge < -0.3 is 11.1 Å². The highest BCUT2D eigenvalue weighted by molar-refractivity contribution is 6.30. The summed E-state index contributed by atoms with van der Waals surface area (Å²) in [6.45, 7) is 0.702. The lowest BCUT2D eigenvalue weighted by atomic mass is 10.1. The first-order valence-corrected chi connectivity index (χ1v) is 4.45. The van der Waals surface area contributed by atoms with E-state index in [1.807, 2.05) is 24.3 Å². The number of rotatable bonds is 1. The fourth-order valence-corrected chi connectivity index (χ4v) is 1.47. The topological polar surface area (TPSA) is 50.4 Å². The number of guanidine groups is 1. The zero-order valence-electron chi connectivity index (χ0n) is 7.00. The van der Waals surface area contributed by atoms with Crippen molar-refractivity contribution in [3.63, 3.8) is 0 Å². The lowest BCUT2D eigenvalue weighted by Gasteiger charge is -2.10. The maximum absolute atomic E-state index is 5.77. The van der Waals surface area contributed by atoms with E-state index in [2.05, 4.69) is 10.3 Å². The van der Waals surface area contributed by atoms with E-state index in [0.717, 1.165) is 10.6 Å². The second kappa shape index (κ2) is 3.26. The molecule has 0 radical (unpaired) electrons. The van der Waals surface area contributed by atoms with Gasteiger partial charge >= 0.3 is 0 Å². The van der Waals surface area contributed by atoms with Crippen molar-refractivity contribution in [2.75, 3.05) is 6.54 Å². The molecule has 0 saturated carbocycles. The van der Waals surface area contributed by atoms with E-state index in [1.54, 1.807) is 0 Å². The quantitative estimate of drug-likeness (QED) is 0.710. The van der Waals surface area contributed by atoms with Gasteiger partial charge in [0, 0.05) is 5.02 Å². The van der Waals surface area contributed by atoms with Gasteiger partial charge in [-0.25, -0.2) is 0 Å². The molecule has 0 bridgehead atoms. The van der Waals surface area contributed by atoms with E-state index < -0.39 is 0 Å². The second-order valence-corrected chi connectivity index (χ2v) is 3.41. The molecule has 1 aliphatic rings. The van der Waals surface area contributed by atoms with Gasteiger partial charge in [0.05, 0.1) is 12.6 Å². The monoisotopic (exact) mass is 195 g/mol. The van der Waals surface area contributed by atoms with Crippen LogP contribution in [0.5, 0.6) is 0 Å². The van der Waals surface area contributed by atoms with Gasteiger partial charge in [-0.3, -0.25) is 4.99 Å². The normalized spacial score (nSPS) is 21.0. The number of nitrogens with one attached hydrogen (secondary N) is 1. The second-order valence-electron chi connectivity index (χ2n) is 2.97. The van der Waals surface area contributed by atoms with E-state index >= 15 is 0 Å². The Morgan fingerprint density at radius 1 is 1.38 bits per heavy atom. The molecule has 13 heavy (non-hydrogen) atoms. The number of aliphatic imine (C=N–C) groups is 1. The van der Waals surface area contributed by atoms with Crippen LogP contribution in [0.2, 0.25) is 5.02 Å². The highest BCUT2D eigenvalue weighted by Crippen LogP contribution is 2.18. The Balaban J connectivity index is 2.14. The van der Waals surface area contributed by atoms with Gasteiger partial charge in [0.2, 0.25) is 0 Å². The van der Waals surface area contributed by atoms with Crippen molar-refractivity contribution in [3.8, 4) is 0 Å². The average molecular weight is 196 g/mol. The van der Waals surface area contributed by atoms with Gasteiger partial charge in [0.1, 0.15) is 0 Å². The molecular formula is C9H10ClN3. The molecule has 1 aromatic carbocycles. The van der Waals surface area contributed by atoms with Gasteiger partial charge in [-0.2, -0.15) is 0 Å². The van der Waals surface area contributed by atoms with Crippen molar-refractivity contribution in [3.05, 3.63) is 34.9 Å². The Labute approximate surface area is 81.6 Å². The molecular weight excluding hydrogens is 186 g/mol. The number of hydrogen-bond donors (Lipinski definition) is 2. The Morgan fingerprint density at radius 3 is 2.62 bits per heavy atom. The SMILES string of the molecule is NC1=NC[C@@H](c2ccc(Cl)cc2)N1. The Morgan fingerprint density at radius 2 is 2.08 bits per heavy atom. The Kier molecular flexibility index (Phi) is 2.10. The molecule has 1 aliphatic heterocycles. The molecule has 0 saturated heterocycles. The van der Waals surface area contributed by atoms with Crippen LogP contribution in [0.3, 0.4) is 0 Å². The van der Waals surface area contributed by atoms with Crippen LogP contribution in [0.4, 0.5) is 0 Å². The fourth-order valence-electron chi connectivity index (χ4n) is 1.34. The fraction of sp³-hybridized carbons (Fsp3) is 0.222. The summed E-state index contributed by atoms with van der Waals surface area (Å²) in [5.74, 6) is 0.514. The van der Waals surface area contributed by atoms with E-state index in [0.29, 0.717) is 12.5 Å². The summed E-state index contributed by atoms with van der Waals surface area (Å²) in [5.41, 5.74) is 6.67. The minimum absolute atomic E-state index is 0.206. The predicted octanol–water partition coefficient (Wildman–Crippen LogP) is 1.30. The van der Waals surface area contributed by atoms with Crippen LogP contribution < -0.4 is 11.1 Å². The maximum atomic E-state index is 5.77. The van der Waals surface area contributed by atoms with E-state index in [9.17, 15) is 0 Å². The maximum Gasteiger partial charge on any atom is 0.189 e. The van der Waals surface area contributed by atoms with Gasteiger partial charge in [0.25, 0.3) is 0 Å². The standard InChI is InChI=1S/C9H10ClN3/c10-7-3-1-6(2-4-7)8-5-12-9(11)13-8/h1-4,8H,5H2,(H3,11,12,13)/t8-/m0/s1. The van der Waals surface area contributed by atoms with E-state index in [-0.39, 0.29) is 6.04 Å². The zero-order valence-corrected chi connectivity index (χ0v) is 7.75. The number of benzene rings is 1. The van der Waals surface area contributed by atoms with Crippen molar-refractivity contribution in [1.29, 1.82) is 0 Å². The number of nitrogens with zero attached hydrogens (tertiary/aromatic N) is 1. The zero-order chi connectivity index (χ0) is 9.26. The van der Waals surface area contributed by atoms with Gasteiger partial charge in [-0.15, -0.1) is 0 Å². The van der Waals surface area contributed by atoms with Gasteiger partial charge in [-0.1, -0.05) is 23.7 Å². The molecule has 3 N–H and O–H groups in total. The van der Waals surface area contributed by atoms with E-state index in [1.165, 1.54) is 0 Å². The van der Waals surface area contributed by atoms with Crippen molar-refractivity contribution >= 4 is 17.6 Å². The first kappa shape index (κ1) is 8.38. The van der Waals surface area contributed by atoms with Crippen LogP contribution in [0.15, 0.2) is 29.3 Å². The molecule has 0 unspecified atom stereocenters. The molecule has 0 amide bonds. The third-order valence-corrected chi connectivity index (χ3v) is 2.29. The molecule has 4 heteroatoms. The van der Waals surface area contributed by atoms with Crippen molar-refractivity contribution in [2.24, 2.45) is 10.7 Å². The van der Waals surface area contributed by atoms with Crippen LogP contribution in [-0.4, -0.2) is 12.5 Å². The summed E-state index contributed by atoms with van der Waals surface area (Å²) in [6.07, 6.45) is 0. The molecule has 68 valence electrons. The van der Waals surface area contributed by atoms with Gasteiger partial charge in [-0.05, 0) is 17.7 Å². The van der Waals surface area contributed by atoms with Crippen LogP contribution >= 0.6 is 11.6 Å². The number of hydrogen-bond acceptors (Lipinski definition) is 3. The van der Waals surface area contributed by atoms with Crippen LogP contribution in [0, 0.1) is 0 Å². The Bertz CT molecular complexity index is 331. The third-order valence-electron chi connectivity index (χ3n) is 2.04. The third kappa shape index (κ3) is 1.75. The summed E-state index contributed by atoms with van der Waals surface area (Å²) >= 11 is 5.77. The van der Waals surface area contributed by atoms with Crippen LogP contribution in [-0.2, 0) is 0 Å². The van der Waals surface area contributed by atoms with Crippen LogP contribution in [0.1, 0.15) is 11.6 Å². The van der Waals surface area contributed by atoms with Crippen molar-refractivity contribution in [2.45, 2.75) is 6.04 Å². The summed E-state index contributed by atoms with van der Waals surface area (Å²) in [5, 5.41) is 3.82. The largest absolute Gasteiger partial charge is 0.370 e. The predicted molar refractivity (Wildman–Crippen MR) is 53.8 cm³/mol. The van der Waals surface area contributed by atoms with E-state index in [4.69, 9.17) is 17.3 Å². The number of halogens is 1. The lowest BCUT2D eigenvalue weighted by Crippen LogP contribution is -2.29. The Hall–Kier alpha value is -1.22. The summed E-state index contributed by atoms with van der Waals surface area (Å²) in [7, 11) is 0. The molecule has 3 nitrogen and oxygen atoms in total. The van der Waals surface area contributed by atoms with Gasteiger partial charge in [0.15, 0.2) is 5.96 Å². The van der Waals surface area contributed by atoms with Crippen LogP contribution in [0.25, 0.3) is 0 Å². The lowest BCUT2D eigenvalue weighted by molar-refractivity contribution is 0.708. The first-order valence-electron chi connectivity index (χ1n) is 4.07. The summed E-state index contributed by atoms with van der Waals surface area (Å²) in [4.78, 5) is 4.07. The molecule has 1 aromatic rings. The molecule has 0 aliphatic carbocycles. The smallest absolute Gasteiger partial charge is 0.189 e. The highest BCUT2D eigenvalue weighted by Gasteiger charge is 2.16. The molecule has 2 rings (SSSR count). The van der Waals surface area contributed by atoms with Crippen molar-refractivity contribution in [1.82, 2.24) is 5.32 Å². The molecule has 1 atom stereocenters. The minimum Gasteiger partial charge on any atom is -0.370 e.